The number of carboxylic acid groups (broad SMARTS) is 1. The van der Waals surface area contributed by atoms with E-state index in [2.05, 4.69) is 21.2 Å². The molecule has 0 radical (unpaired) electrons. The lowest BCUT2D eigenvalue weighted by Gasteiger charge is -2.13. The predicted octanol–water partition coefficient (Wildman–Crippen LogP) is 5.65. The molecule has 0 unspecified atom stereocenters. The van der Waals surface area contributed by atoms with E-state index < -0.39 is 5.97 Å². The van der Waals surface area contributed by atoms with Gasteiger partial charge in [-0.2, -0.15) is 0 Å². The van der Waals surface area contributed by atoms with Crippen LogP contribution in [0.3, 0.4) is 0 Å². The summed E-state index contributed by atoms with van der Waals surface area (Å²) in [6, 6.07) is 21.0. The summed E-state index contributed by atoms with van der Waals surface area (Å²) in [6.45, 7) is 3.05. The number of hydrogen-bond donors (Lipinski definition) is 2. The molecule has 0 atom stereocenters. The first-order chi connectivity index (χ1) is 13.0. The molecule has 2 N–H and O–H groups in total. The molecule has 3 rings (SSSR count). The molecule has 0 fully saturated rings. The van der Waals surface area contributed by atoms with Gasteiger partial charge >= 0.3 is 5.97 Å². The number of nitrogens with one attached hydrogen (secondary N) is 1. The van der Waals surface area contributed by atoms with Gasteiger partial charge in [0.1, 0.15) is 12.4 Å². The summed E-state index contributed by atoms with van der Waals surface area (Å²) in [5.74, 6) is -0.146. The van der Waals surface area contributed by atoms with Crippen LogP contribution in [0.4, 0.5) is 5.69 Å². The maximum Gasteiger partial charge on any atom is 0.335 e. The van der Waals surface area contributed by atoms with Crippen LogP contribution < -0.4 is 10.1 Å². The highest BCUT2D eigenvalue weighted by molar-refractivity contribution is 9.10. The molecule has 0 spiro atoms. The van der Waals surface area contributed by atoms with Crippen molar-refractivity contribution in [1.29, 1.82) is 0 Å². The van der Waals surface area contributed by atoms with Crippen LogP contribution in [0.5, 0.6) is 5.75 Å². The first kappa shape index (κ1) is 19.0. The Labute approximate surface area is 166 Å². The van der Waals surface area contributed by atoms with Gasteiger partial charge in [-0.05, 0) is 63.8 Å². The summed E-state index contributed by atoms with van der Waals surface area (Å²) >= 11 is 3.56. The molecule has 0 aromatic heterocycles. The molecular formula is C22H20BrNO3. The van der Waals surface area contributed by atoms with Crippen LogP contribution in [0.1, 0.15) is 27.0 Å². The number of carbonyl (C=O) groups is 1. The van der Waals surface area contributed by atoms with E-state index in [0.717, 1.165) is 32.6 Å². The standard InChI is InChI=1S/C22H20BrNO3/c1-15-7-9-18(22(25)26)12-20(15)24-13-17-8-10-21(19(23)11-17)27-14-16-5-3-2-4-6-16/h2-12,24H,13-14H2,1H3,(H,25,26). The molecule has 0 aliphatic carbocycles. The molecule has 0 heterocycles. The van der Waals surface area contributed by atoms with Gasteiger partial charge in [0.05, 0.1) is 10.0 Å². The minimum atomic E-state index is -0.930. The van der Waals surface area contributed by atoms with Gasteiger partial charge in [0.25, 0.3) is 0 Å². The Kier molecular flexibility index (Phi) is 6.14. The van der Waals surface area contributed by atoms with Crippen molar-refractivity contribution in [2.45, 2.75) is 20.1 Å². The van der Waals surface area contributed by atoms with Gasteiger partial charge in [-0.15, -0.1) is 0 Å². The van der Waals surface area contributed by atoms with Gasteiger partial charge in [0.15, 0.2) is 0 Å². The molecule has 0 bridgehead atoms. The highest BCUT2D eigenvalue weighted by atomic mass is 79.9. The van der Waals surface area contributed by atoms with E-state index in [1.165, 1.54) is 0 Å². The summed E-state index contributed by atoms with van der Waals surface area (Å²) < 4.78 is 6.75. The number of hydrogen-bond acceptors (Lipinski definition) is 3. The third-order valence-electron chi connectivity index (χ3n) is 4.20. The second kappa shape index (κ2) is 8.73. The van der Waals surface area contributed by atoms with E-state index in [4.69, 9.17) is 9.84 Å². The zero-order valence-electron chi connectivity index (χ0n) is 14.9. The zero-order chi connectivity index (χ0) is 19.2. The van der Waals surface area contributed by atoms with Crippen molar-refractivity contribution in [2.24, 2.45) is 0 Å². The van der Waals surface area contributed by atoms with Crippen molar-refractivity contribution in [3.63, 3.8) is 0 Å². The SMILES string of the molecule is Cc1ccc(C(=O)O)cc1NCc1ccc(OCc2ccccc2)c(Br)c1. The third kappa shape index (κ3) is 5.11. The summed E-state index contributed by atoms with van der Waals surface area (Å²) in [5, 5.41) is 12.4. The van der Waals surface area contributed by atoms with Gasteiger partial charge in [-0.3, -0.25) is 0 Å². The number of aromatic carboxylic acids is 1. The average Bonchev–Trinajstić information content (AvgIpc) is 2.67. The molecule has 0 amide bonds. The van der Waals surface area contributed by atoms with Crippen molar-refractivity contribution in [1.82, 2.24) is 0 Å². The highest BCUT2D eigenvalue weighted by Crippen LogP contribution is 2.27. The second-order valence-corrected chi connectivity index (χ2v) is 7.08. The fourth-order valence-electron chi connectivity index (χ4n) is 2.65. The van der Waals surface area contributed by atoms with Crippen LogP contribution >= 0.6 is 15.9 Å². The van der Waals surface area contributed by atoms with Crippen molar-refractivity contribution in [2.75, 3.05) is 5.32 Å². The molecule has 4 nitrogen and oxygen atoms in total. The Bertz CT molecular complexity index is 942. The number of benzene rings is 3. The van der Waals surface area contributed by atoms with E-state index >= 15 is 0 Å². The Balaban J connectivity index is 1.64. The molecular weight excluding hydrogens is 406 g/mol. The largest absolute Gasteiger partial charge is 0.488 e. The summed E-state index contributed by atoms with van der Waals surface area (Å²) in [7, 11) is 0. The number of halogens is 1. The normalized spacial score (nSPS) is 10.4. The Morgan fingerprint density at radius 2 is 1.81 bits per heavy atom. The minimum Gasteiger partial charge on any atom is -0.488 e. The van der Waals surface area contributed by atoms with Crippen molar-refractivity contribution in [3.8, 4) is 5.75 Å². The van der Waals surface area contributed by atoms with E-state index in [1.807, 2.05) is 61.5 Å². The van der Waals surface area contributed by atoms with E-state index in [-0.39, 0.29) is 5.56 Å². The van der Waals surface area contributed by atoms with Crippen LogP contribution in [0.2, 0.25) is 0 Å². The Morgan fingerprint density at radius 3 is 2.52 bits per heavy atom. The molecule has 27 heavy (non-hydrogen) atoms. The lowest BCUT2D eigenvalue weighted by atomic mass is 10.1. The number of anilines is 1. The Morgan fingerprint density at radius 1 is 1.04 bits per heavy atom. The zero-order valence-corrected chi connectivity index (χ0v) is 16.5. The van der Waals surface area contributed by atoms with Crippen LogP contribution in [0, 0.1) is 6.92 Å². The minimum absolute atomic E-state index is 0.272. The number of aryl methyl sites for hydroxylation is 1. The topological polar surface area (TPSA) is 58.6 Å². The van der Waals surface area contributed by atoms with Gasteiger partial charge < -0.3 is 15.2 Å². The predicted molar refractivity (Wildman–Crippen MR) is 110 cm³/mol. The molecule has 3 aromatic rings. The first-order valence-corrected chi connectivity index (χ1v) is 9.35. The smallest absolute Gasteiger partial charge is 0.335 e. The molecule has 0 aliphatic rings. The highest BCUT2D eigenvalue weighted by Gasteiger charge is 2.07. The molecule has 0 saturated heterocycles. The summed E-state index contributed by atoms with van der Waals surface area (Å²) in [4.78, 5) is 11.1. The van der Waals surface area contributed by atoms with Gasteiger partial charge in [-0.25, -0.2) is 4.79 Å². The number of rotatable bonds is 7. The van der Waals surface area contributed by atoms with Crippen LogP contribution in [0.25, 0.3) is 0 Å². The molecule has 0 aliphatic heterocycles. The first-order valence-electron chi connectivity index (χ1n) is 8.56. The van der Waals surface area contributed by atoms with Gasteiger partial charge in [0, 0.05) is 12.2 Å². The molecule has 0 saturated carbocycles. The number of carboxylic acids is 1. The van der Waals surface area contributed by atoms with Crippen LogP contribution in [-0.4, -0.2) is 11.1 Å². The quantitative estimate of drug-likeness (QED) is 0.513. The summed E-state index contributed by atoms with van der Waals surface area (Å²) in [5.41, 5.74) is 4.27. The van der Waals surface area contributed by atoms with Crippen molar-refractivity contribution < 1.29 is 14.6 Å². The number of ether oxygens (including phenoxy) is 1. The van der Waals surface area contributed by atoms with E-state index in [1.54, 1.807) is 12.1 Å². The average molecular weight is 426 g/mol. The van der Waals surface area contributed by atoms with E-state index in [0.29, 0.717) is 13.2 Å². The maximum atomic E-state index is 11.1. The second-order valence-electron chi connectivity index (χ2n) is 6.23. The lowest BCUT2D eigenvalue weighted by Crippen LogP contribution is -2.04. The molecule has 5 heteroatoms. The lowest BCUT2D eigenvalue weighted by molar-refractivity contribution is 0.0697. The summed E-state index contributed by atoms with van der Waals surface area (Å²) in [6.07, 6.45) is 0. The molecule has 138 valence electrons. The van der Waals surface area contributed by atoms with Gasteiger partial charge in [-0.1, -0.05) is 42.5 Å². The molecule has 3 aromatic carbocycles. The fourth-order valence-corrected chi connectivity index (χ4v) is 3.19. The third-order valence-corrected chi connectivity index (χ3v) is 4.82. The van der Waals surface area contributed by atoms with Gasteiger partial charge in [0.2, 0.25) is 0 Å². The van der Waals surface area contributed by atoms with Crippen LogP contribution in [0.15, 0.2) is 71.2 Å². The van der Waals surface area contributed by atoms with Crippen molar-refractivity contribution in [3.05, 3.63) is 93.5 Å². The van der Waals surface area contributed by atoms with Crippen molar-refractivity contribution >= 4 is 27.6 Å². The monoisotopic (exact) mass is 425 g/mol. The van der Waals surface area contributed by atoms with Crippen LogP contribution in [-0.2, 0) is 13.2 Å². The van der Waals surface area contributed by atoms with E-state index in [9.17, 15) is 4.79 Å². The maximum absolute atomic E-state index is 11.1. The Hall–Kier alpha value is -2.79. The fraction of sp³-hybridized carbons (Fsp3) is 0.136.